The van der Waals surface area contributed by atoms with Gasteiger partial charge in [-0.15, -0.1) is 0 Å². The van der Waals surface area contributed by atoms with Crippen molar-refractivity contribution in [1.29, 1.82) is 0 Å². The summed E-state index contributed by atoms with van der Waals surface area (Å²) in [7, 11) is 0. The maximum Gasteiger partial charge on any atom is 0.308 e. The van der Waals surface area contributed by atoms with E-state index in [1.807, 2.05) is 63.2 Å². The quantitative estimate of drug-likeness (QED) is 0.726. The molecule has 1 aromatic heterocycles. The second-order valence-electron chi connectivity index (χ2n) is 6.58. The van der Waals surface area contributed by atoms with Gasteiger partial charge < -0.3 is 10.1 Å². The van der Waals surface area contributed by atoms with Gasteiger partial charge in [-0.2, -0.15) is 0 Å². The topological polar surface area (TPSA) is 60.3 Å². The molecule has 0 saturated carbocycles. The number of thiazole rings is 1. The van der Waals surface area contributed by atoms with Crippen LogP contribution >= 0.6 is 11.3 Å². The maximum absolute atomic E-state index is 12.4. The predicted octanol–water partition coefficient (Wildman–Crippen LogP) is 4.36. The van der Waals surface area contributed by atoms with Crippen LogP contribution in [0.2, 0.25) is 0 Å². The number of benzene rings is 2. The molecule has 0 aliphatic carbocycles. The van der Waals surface area contributed by atoms with Gasteiger partial charge in [0.15, 0.2) is 6.10 Å². The van der Waals surface area contributed by atoms with Crippen LogP contribution in [0.5, 0.6) is 5.75 Å². The molecule has 2 aromatic carbocycles. The van der Waals surface area contributed by atoms with Crippen molar-refractivity contribution in [2.45, 2.75) is 39.8 Å². The smallest absolute Gasteiger partial charge is 0.308 e. The van der Waals surface area contributed by atoms with E-state index in [2.05, 4.69) is 5.32 Å². The van der Waals surface area contributed by atoms with Gasteiger partial charge in [0.2, 0.25) is 0 Å². The Morgan fingerprint density at radius 1 is 1.15 bits per heavy atom. The van der Waals surface area contributed by atoms with Gasteiger partial charge in [0.25, 0.3) is 5.91 Å². The molecular formula is C20H22N2O3S. The second kappa shape index (κ2) is 7.33. The van der Waals surface area contributed by atoms with Crippen molar-refractivity contribution >= 4 is 33.1 Å². The van der Waals surface area contributed by atoms with E-state index in [0.29, 0.717) is 11.4 Å². The first-order valence-corrected chi connectivity index (χ1v) is 9.36. The van der Waals surface area contributed by atoms with E-state index in [9.17, 15) is 9.59 Å². The number of aromatic nitrogens is 1. The number of carbonyl (C=O) groups is 1. The lowest BCUT2D eigenvalue weighted by Gasteiger charge is -2.15. The van der Waals surface area contributed by atoms with Gasteiger partial charge >= 0.3 is 4.87 Å². The van der Waals surface area contributed by atoms with Crippen LogP contribution in [-0.2, 0) is 4.79 Å². The van der Waals surface area contributed by atoms with Crippen LogP contribution in [0.3, 0.4) is 0 Å². The minimum absolute atomic E-state index is 0.00891. The summed E-state index contributed by atoms with van der Waals surface area (Å²) in [4.78, 5) is 24.6. The summed E-state index contributed by atoms with van der Waals surface area (Å²) < 4.78 is 8.32. The first-order valence-electron chi connectivity index (χ1n) is 8.54. The van der Waals surface area contributed by atoms with E-state index in [0.717, 1.165) is 15.8 Å². The van der Waals surface area contributed by atoms with Gasteiger partial charge in [-0.3, -0.25) is 14.2 Å². The van der Waals surface area contributed by atoms with Crippen LogP contribution in [0.15, 0.2) is 47.3 Å². The fourth-order valence-corrected chi connectivity index (χ4v) is 3.85. The number of ether oxygens (including phenoxy) is 1. The Labute approximate surface area is 156 Å². The Hall–Kier alpha value is -2.60. The molecule has 0 radical (unpaired) electrons. The van der Waals surface area contributed by atoms with Crippen molar-refractivity contribution in [3.05, 3.63) is 57.7 Å². The normalized spacial score (nSPS) is 12.3. The van der Waals surface area contributed by atoms with E-state index in [1.165, 1.54) is 11.3 Å². The first kappa shape index (κ1) is 18.2. The average molecular weight is 370 g/mol. The number of amides is 1. The van der Waals surface area contributed by atoms with Gasteiger partial charge in [0.05, 0.1) is 10.2 Å². The molecule has 3 rings (SSSR count). The fraction of sp³-hybridized carbons (Fsp3) is 0.300. The zero-order chi connectivity index (χ0) is 18.8. The number of anilines is 1. The molecular weight excluding hydrogens is 348 g/mol. The van der Waals surface area contributed by atoms with Crippen LogP contribution in [0.25, 0.3) is 10.2 Å². The molecule has 1 atom stereocenters. The van der Waals surface area contributed by atoms with Crippen molar-refractivity contribution in [3.63, 3.8) is 0 Å². The summed E-state index contributed by atoms with van der Waals surface area (Å²) in [5.41, 5.74) is 2.61. The highest BCUT2D eigenvalue weighted by molar-refractivity contribution is 7.16. The van der Waals surface area contributed by atoms with Gasteiger partial charge in [0.1, 0.15) is 5.75 Å². The van der Waals surface area contributed by atoms with Gasteiger partial charge in [-0.25, -0.2) is 0 Å². The summed E-state index contributed by atoms with van der Waals surface area (Å²) in [6, 6.07) is 13.2. The fourth-order valence-electron chi connectivity index (χ4n) is 2.79. The number of rotatable bonds is 5. The Morgan fingerprint density at radius 2 is 1.92 bits per heavy atom. The molecule has 26 heavy (non-hydrogen) atoms. The molecule has 0 saturated heterocycles. The second-order valence-corrected chi connectivity index (χ2v) is 7.57. The third-order valence-electron chi connectivity index (χ3n) is 4.07. The van der Waals surface area contributed by atoms with E-state index in [4.69, 9.17) is 4.74 Å². The predicted molar refractivity (Wildman–Crippen MR) is 106 cm³/mol. The number of nitrogens with zero attached hydrogens (tertiary/aromatic N) is 1. The molecule has 1 N–H and O–H groups in total. The van der Waals surface area contributed by atoms with Crippen LogP contribution < -0.4 is 14.9 Å². The Balaban J connectivity index is 1.75. The Bertz CT molecular complexity index is 1000. The molecule has 0 unspecified atom stereocenters. The summed E-state index contributed by atoms with van der Waals surface area (Å²) in [6.07, 6.45) is -0.633. The highest BCUT2D eigenvalue weighted by atomic mass is 32.1. The SMILES string of the molecule is Cc1cccc(O[C@@H](C)C(=O)Nc2ccc3c(c2)sc(=O)n3C(C)C)c1. The van der Waals surface area contributed by atoms with Gasteiger partial charge in [0, 0.05) is 11.7 Å². The lowest BCUT2D eigenvalue weighted by atomic mass is 10.2. The molecule has 0 aliphatic rings. The minimum Gasteiger partial charge on any atom is -0.481 e. The van der Waals surface area contributed by atoms with E-state index in [-0.39, 0.29) is 16.8 Å². The summed E-state index contributed by atoms with van der Waals surface area (Å²) >= 11 is 1.19. The number of fused-ring (bicyclic) bond motifs is 1. The molecule has 136 valence electrons. The third kappa shape index (κ3) is 3.80. The van der Waals surface area contributed by atoms with Gasteiger partial charge in [-0.05, 0) is 63.6 Å². The standard InChI is InChI=1S/C20H22N2O3S/c1-12(2)22-17-9-8-15(11-18(17)26-20(22)24)21-19(23)14(4)25-16-7-5-6-13(3)10-16/h5-12,14H,1-4H3,(H,21,23)/t14-/m0/s1. The average Bonchev–Trinajstić information content (AvgIpc) is 2.89. The van der Waals surface area contributed by atoms with Crippen molar-refractivity contribution in [2.24, 2.45) is 0 Å². The molecule has 0 bridgehead atoms. The number of nitrogens with one attached hydrogen (secondary N) is 1. The van der Waals surface area contributed by atoms with Crippen molar-refractivity contribution < 1.29 is 9.53 Å². The lowest BCUT2D eigenvalue weighted by molar-refractivity contribution is -0.122. The molecule has 5 nitrogen and oxygen atoms in total. The van der Waals surface area contributed by atoms with Crippen LogP contribution in [0.1, 0.15) is 32.4 Å². The van der Waals surface area contributed by atoms with E-state index >= 15 is 0 Å². The zero-order valence-electron chi connectivity index (χ0n) is 15.3. The van der Waals surface area contributed by atoms with Crippen molar-refractivity contribution in [2.75, 3.05) is 5.32 Å². The zero-order valence-corrected chi connectivity index (χ0v) is 16.1. The largest absolute Gasteiger partial charge is 0.481 e. The lowest BCUT2D eigenvalue weighted by Crippen LogP contribution is -2.30. The first-order chi connectivity index (χ1) is 12.3. The number of hydrogen-bond donors (Lipinski definition) is 1. The molecule has 1 amide bonds. The number of aryl methyl sites for hydroxylation is 1. The minimum atomic E-state index is -0.633. The highest BCUT2D eigenvalue weighted by Gasteiger charge is 2.16. The van der Waals surface area contributed by atoms with Crippen molar-refractivity contribution in [1.82, 2.24) is 4.57 Å². The third-order valence-corrected chi connectivity index (χ3v) is 4.99. The molecule has 1 heterocycles. The number of carbonyl (C=O) groups excluding carboxylic acids is 1. The summed E-state index contributed by atoms with van der Waals surface area (Å²) in [5, 5.41) is 2.86. The monoisotopic (exact) mass is 370 g/mol. The van der Waals surface area contributed by atoms with E-state index in [1.54, 1.807) is 11.5 Å². The number of hydrogen-bond acceptors (Lipinski definition) is 4. The van der Waals surface area contributed by atoms with Crippen LogP contribution in [-0.4, -0.2) is 16.6 Å². The van der Waals surface area contributed by atoms with Crippen LogP contribution in [0, 0.1) is 6.92 Å². The molecule has 3 aromatic rings. The summed E-state index contributed by atoms with van der Waals surface area (Å²) in [6.45, 7) is 7.65. The maximum atomic E-state index is 12.4. The van der Waals surface area contributed by atoms with E-state index < -0.39 is 6.10 Å². The highest BCUT2D eigenvalue weighted by Crippen LogP contribution is 2.24. The molecule has 0 spiro atoms. The molecule has 0 aliphatic heterocycles. The molecule has 0 fully saturated rings. The summed E-state index contributed by atoms with van der Waals surface area (Å²) in [5.74, 6) is 0.428. The van der Waals surface area contributed by atoms with Crippen LogP contribution in [0.4, 0.5) is 5.69 Å². The Kier molecular flexibility index (Phi) is 5.13. The Morgan fingerprint density at radius 3 is 2.62 bits per heavy atom. The van der Waals surface area contributed by atoms with Crippen molar-refractivity contribution in [3.8, 4) is 5.75 Å². The molecule has 6 heteroatoms. The van der Waals surface area contributed by atoms with Gasteiger partial charge in [-0.1, -0.05) is 23.5 Å².